The second-order valence-corrected chi connectivity index (χ2v) is 3.21. The molecular weight excluding hydrogens is 186 g/mol. The van der Waals surface area contributed by atoms with Crippen LogP contribution in [0.15, 0.2) is 0 Å². The third-order valence-corrected chi connectivity index (χ3v) is 2.07. The summed E-state index contributed by atoms with van der Waals surface area (Å²) in [7, 11) is 0. The van der Waals surface area contributed by atoms with E-state index in [0.29, 0.717) is 26.2 Å². The van der Waals surface area contributed by atoms with Crippen molar-refractivity contribution in [2.75, 3.05) is 26.4 Å². The van der Waals surface area contributed by atoms with Gasteiger partial charge in [-0.15, -0.1) is 0 Å². The summed E-state index contributed by atoms with van der Waals surface area (Å²) < 4.78 is 9.96. The second kappa shape index (κ2) is 5.95. The minimum Gasteiger partial charge on any atom is -0.462 e. The van der Waals surface area contributed by atoms with Gasteiger partial charge in [0, 0.05) is 19.6 Å². The molecule has 1 rings (SSSR count). The van der Waals surface area contributed by atoms with Crippen LogP contribution in [0.5, 0.6) is 0 Å². The Morgan fingerprint density at radius 1 is 1.57 bits per heavy atom. The summed E-state index contributed by atoms with van der Waals surface area (Å²) in [6, 6.07) is -0.355. The Morgan fingerprint density at radius 2 is 2.36 bits per heavy atom. The van der Waals surface area contributed by atoms with Crippen molar-refractivity contribution in [3.05, 3.63) is 0 Å². The standard InChI is InChI=1S/C9H17NO4/c1-2-13-3-4-14-9(12)8-5-7(11)6-10-8/h7-8,10-11H,2-6H2,1H3/t7?,8-/m0/s1. The highest BCUT2D eigenvalue weighted by atomic mass is 16.6. The van der Waals surface area contributed by atoms with Crippen molar-refractivity contribution in [2.24, 2.45) is 0 Å². The monoisotopic (exact) mass is 203 g/mol. The third-order valence-electron chi connectivity index (χ3n) is 2.07. The molecule has 0 spiro atoms. The van der Waals surface area contributed by atoms with E-state index >= 15 is 0 Å². The molecule has 0 aliphatic carbocycles. The van der Waals surface area contributed by atoms with Gasteiger partial charge in [-0.1, -0.05) is 0 Å². The molecule has 14 heavy (non-hydrogen) atoms. The van der Waals surface area contributed by atoms with Crippen molar-refractivity contribution >= 4 is 5.97 Å². The first kappa shape index (κ1) is 11.4. The molecule has 0 bridgehead atoms. The van der Waals surface area contributed by atoms with Crippen molar-refractivity contribution < 1.29 is 19.4 Å². The quantitative estimate of drug-likeness (QED) is 0.456. The van der Waals surface area contributed by atoms with E-state index in [1.165, 1.54) is 0 Å². The molecule has 82 valence electrons. The molecule has 0 aromatic carbocycles. The summed E-state index contributed by atoms with van der Waals surface area (Å²) in [5.74, 6) is -0.304. The molecule has 1 heterocycles. The van der Waals surface area contributed by atoms with E-state index < -0.39 is 6.10 Å². The number of nitrogens with one attached hydrogen (secondary N) is 1. The highest BCUT2D eigenvalue weighted by Crippen LogP contribution is 2.07. The molecule has 0 aromatic rings. The van der Waals surface area contributed by atoms with Crippen LogP contribution in [0.4, 0.5) is 0 Å². The predicted octanol–water partition coefficient (Wildman–Crippen LogP) is -0.711. The Kier molecular flexibility index (Phi) is 4.86. The number of esters is 1. The van der Waals surface area contributed by atoms with Crippen LogP contribution in [0.2, 0.25) is 0 Å². The molecule has 5 nitrogen and oxygen atoms in total. The maximum Gasteiger partial charge on any atom is 0.323 e. The van der Waals surface area contributed by atoms with Gasteiger partial charge in [-0.3, -0.25) is 4.79 Å². The fraction of sp³-hybridized carbons (Fsp3) is 0.889. The van der Waals surface area contributed by atoms with Crippen LogP contribution in [0.1, 0.15) is 13.3 Å². The number of carbonyl (C=O) groups excluding carboxylic acids is 1. The normalized spacial score (nSPS) is 26.4. The van der Waals surface area contributed by atoms with Crippen LogP contribution in [-0.4, -0.2) is 49.6 Å². The second-order valence-electron chi connectivity index (χ2n) is 3.21. The zero-order valence-electron chi connectivity index (χ0n) is 8.36. The molecule has 2 N–H and O–H groups in total. The van der Waals surface area contributed by atoms with E-state index in [4.69, 9.17) is 14.6 Å². The third kappa shape index (κ3) is 3.61. The molecule has 1 fully saturated rings. The van der Waals surface area contributed by atoms with Crippen molar-refractivity contribution in [3.63, 3.8) is 0 Å². The fourth-order valence-corrected chi connectivity index (χ4v) is 1.34. The lowest BCUT2D eigenvalue weighted by Crippen LogP contribution is -2.33. The van der Waals surface area contributed by atoms with Crippen LogP contribution in [-0.2, 0) is 14.3 Å². The van der Waals surface area contributed by atoms with Crippen LogP contribution in [0.3, 0.4) is 0 Å². The lowest BCUT2D eigenvalue weighted by Gasteiger charge is -2.09. The number of aliphatic hydroxyl groups excluding tert-OH is 1. The average molecular weight is 203 g/mol. The molecule has 0 amide bonds. The maximum atomic E-state index is 11.3. The van der Waals surface area contributed by atoms with Gasteiger partial charge in [0.15, 0.2) is 0 Å². The number of hydrogen-bond donors (Lipinski definition) is 2. The van der Waals surface area contributed by atoms with Crippen molar-refractivity contribution in [3.8, 4) is 0 Å². The van der Waals surface area contributed by atoms with Crippen molar-refractivity contribution in [1.82, 2.24) is 5.32 Å². The van der Waals surface area contributed by atoms with Crippen LogP contribution >= 0.6 is 0 Å². The van der Waals surface area contributed by atoms with E-state index in [2.05, 4.69) is 5.32 Å². The fourth-order valence-electron chi connectivity index (χ4n) is 1.34. The smallest absolute Gasteiger partial charge is 0.323 e. The lowest BCUT2D eigenvalue weighted by atomic mass is 10.2. The van der Waals surface area contributed by atoms with E-state index in [9.17, 15) is 4.79 Å². The molecule has 1 saturated heterocycles. The topological polar surface area (TPSA) is 67.8 Å². The van der Waals surface area contributed by atoms with Gasteiger partial charge >= 0.3 is 5.97 Å². The number of hydrogen-bond acceptors (Lipinski definition) is 5. The van der Waals surface area contributed by atoms with E-state index in [1.54, 1.807) is 0 Å². The van der Waals surface area contributed by atoms with E-state index in [0.717, 1.165) is 0 Å². The van der Waals surface area contributed by atoms with E-state index in [1.807, 2.05) is 6.92 Å². The molecule has 1 aliphatic rings. The Labute approximate surface area is 83.4 Å². The molecule has 1 unspecified atom stereocenters. The van der Waals surface area contributed by atoms with Crippen LogP contribution < -0.4 is 5.32 Å². The Bertz CT molecular complexity index is 186. The molecular formula is C9H17NO4. The van der Waals surface area contributed by atoms with Crippen molar-refractivity contribution in [2.45, 2.75) is 25.5 Å². The Hall–Kier alpha value is -0.650. The Morgan fingerprint density at radius 3 is 2.93 bits per heavy atom. The first-order valence-corrected chi connectivity index (χ1v) is 4.90. The number of aliphatic hydroxyl groups is 1. The maximum absolute atomic E-state index is 11.3. The summed E-state index contributed by atoms with van der Waals surface area (Å²) in [5.41, 5.74) is 0. The molecule has 0 radical (unpaired) electrons. The molecule has 2 atom stereocenters. The van der Waals surface area contributed by atoms with Gasteiger partial charge in [-0.05, 0) is 6.92 Å². The minimum atomic E-state index is -0.431. The molecule has 1 aliphatic heterocycles. The number of β-amino-alcohol motifs (C(OH)–C–C–N with tert-alkyl or cyclic N) is 1. The largest absolute Gasteiger partial charge is 0.462 e. The van der Waals surface area contributed by atoms with Gasteiger partial charge in [-0.25, -0.2) is 0 Å². The summed E-state index contributed by atoms with van der Waals surface area (Å²) in [5, 5.41) is 12.0. The number of carbonyl (C=O) groups is 1. The summed E-state index contributed by atoms with van der Waals surface area (Å²) in [6.07, 6.45) is 0.00689. The molecule has 0 saturated carbocycles. The minimum absolute atomic E-state index is 0.279. The van der Waals surface area contributed by atoms with Gasteiger partial charge in [-0.2, -0.15) is 0 Å². The zero-order chi connectivity index (χ0) is 10.4. The van der Waals surface area contributed by atoms with Crippen LogP contribution in [0.25, 0.3) is 0 Å². The summed E-state index contributed by atoms with van der Waals surface area (Å²) in [6.45, 7) is 3.68. The lowest BCUT2D eigenvalue weighted by molar-refractivity contribution is -0.147. The SMILES string of the molecule is CCOCCOC(=O)[C@@H]1CC(O)CN1. The first-order chi connectivity index (χ1) is 6.74. The van der Waals surface area contributed by atoms with Gasteiger partial charge in [0.25, 0.3) is 0 Å². The highest BCUT2D eigenvalue weighted by Gasteiger charge is 2.28. The van der Waals surface area contributed by atoms with E-state index in [-0.39, 0.29) is 18.6 Å². The van der Waals surface area contributed by atoms with Crippen molar-refractivity contribution in [1.29, 1.82) is 0 Å². The first-order valence-electron chi connectivity index (χ1n) is 4.90. The summed E-state index contributed by atoms with van der Waals surface area (Å²) in [4.78, 5) is 11.3. The Balaban J connectivity index is 2.09. The highest BCUT2D eigenvalue weighted by molar-refractivity contribution is 5.76. The van der Waals surface area contributed by atoms with Gasteiger partial charge in [0.1, 0.15) is 12.6 Å². The molecule has 5 heteroatoms. The van der Waals surface area contributed by atoms with Gasteiger partial charge < -0.3 is 19.9 Å². The number of rotatable bonds is 5. The number of ether oxygens (including phenoxy) is 2. The average Bonchev–Trinajstić information content (AvgIpc) is 2.59. The predicted molar refractivity (Wildman–Crippen MR) is 49.9 cm³/mol. The van der Waals surface area contributed by atoms with Gasteiger partial charge in [0.2, 0.25) is 0 Å². The summed E-state index contributed by atoms with van der Waals surface area (Å²) >= 11 is 0. The van der Waals surface area contributed by atoms with Crippen LogP contribution in [0, 0.1) is 0 Å². The molecule has 0 aromatic heterocycles. The zero-order valence-corrected chi connectivity index (χ0v) is 8.36. The van der Waals surface area contributed by atoms with Gasteiger partial charge in [0.05, 0.1) is 12.7 Å².